The van der Waals surface area contributed by atoms with Crippen molar-refractivity contribution in [2.24, 2.45) is 0 Å². The number of carbonyl (C=O) groups is 1. The van der Waals surface area contributed by atoms with E-state index in [1.807, 2.05) is 86.2 Å². The minimum Gasteiger partial charge on any atom is -0.494 e. The average Bonchev–Trinajstić information content (AvgIpc) is 3.53. The van der Waals surface area contributed by atoms with Gasteiger partial charge >= 0.3 is 0 Å². The van der Waals surface area contributed by atoms with Gasteiger partial charge in [-0.2, -0.15) is 10.2 Å². The fourth-order valence-corrected chi connectivity index (χ4v) is 4.71. The number of nitrogens with zero attached hydrogens (tertiary/aromatic N) is 7. The smallest absolute Gasteiger partial charge is 0.247 e. The fourth-order valence-electron chi connectivity index (χ4n) is 4.71. The number of hydrogen-bond acceptors (Lipinski definition) is 11. The number of carbonyl (C=O) groups excluding carboxylic acids is 1. The van der Waals surface area contributed by atoms with Gasteiger partial charge < -0.3 is 39.6 Å². The molecule has 0 unspecified atom stereocenters. The van der Waals surface area contributed by atoms with Crippen molar-refractivity contribution in [2.75, 3.05) is 62.2 Å². The predicted molar refractivity (Wildman–Crippen MR) is 183 cm³/mol. The molecule has 5 aromatic rings. The standard InChI is InChI=1S/C34H36N10O3/c1-7-32(45)39-26-18-27(30(46-6)19-28(26)43(5)15-14-42(3)4)40-34-37-21-23(20-35)33(41-34)38-24-8-9-29(22(2)16-24)47-25-10-12-44-13-11-36-31(44)17-25/h7-13,16-19,21H,1,14-15H2,2-6H3,(H,39,45)(H2,37,38,40,41). The van der Waals surface area contributed by atoms with Gasteiger partial charge in [0.15, 0.2) is 5.82 Å². The van der Waals surface area contributed by atoms with Crippen LogP contribution < -0.4 is 30.3 Å². The molecule has 13 heteroatoms. The first kappa shape index (κ1) is 32.3. The van der Waals surface area contributed by atoms with Gasteiger partial charge in [0.2, 0.25) is 11.9 Å². The summed E-state index contributed by atoms with van der Waals surface area (Å²) < 4.78 is 13.7. The third kappa shape index (κ3) is 7.75. The molecule has 2 aromatic carbocycles. The number of methoxy groups -OCH3 is 1. The molecule has 0 radical (unpaired) electrons. The zero-order valence-corrected chi connectivity index (χ0v) is 26.9. The number of pyridine rings is 1. The van der Waals surface area contributed by atoms with E-state index in [9.17, 15) is 10.1 Å². The first-order chi connectivity index (χ1) is 22.7. The first-order valence-corrected chi connectivity index (χ1v) is 14.7. The Labute approximate surface area is 273 Å². The Bertz CT molecular complexity index is 1960. The van der Waals surface area contributed by atoms with E-state index in [0.29, 0.717) is 46.7 Å². The Hall–Kier alpha value is -6.13. The molecule has 0 saturated heterocycles. The van der Waals surface area contributed by atoms with Gasteiger partial charge in [0.25, 0.3) is 0 Å². The van der Waals surface area contributed by atoms with Crippen molar-refractivity contribution in [3.05, 3.63) is 91.0 Å². The molecule has 3 N–H and O–H groups in total. The van der Waals surface area contributed by atoms with Crippen LogP contribution in [-0.4, -0.2) is 71.5 Å². The summed E-state index contributed by atoms with van der Waals surface area (Å²) in [5.41, 5.74) is 4.44. The van der Waals surface area contributed by atoms with Crippen LogP contribution >= 0.6 is 0 Å². The Kier molecular flexibility index (Phi) is 9.83. The average molecular weight is 633 g/mol. The van der Waals surface area contributed by atoms with Crippen LogP contribution in [0, 0.1) is 18.3 Å². The molecule has 13 nitrogen and oxygen atoms in total. The number of likely N-dealkylation sites (N-methyl/N-ethyl adjacent to an activating group) is 2. The zero-order chi connectivity index (χ0) is 33.5. The van der Waals surface area contributed by atoms with E-state index >= 15 is 0 Å². The van der Waals surface area contributed by atoms with Gasteiger partial charge in [0, 0.05) is 56.5 Å². The minimum atomic E-state index is -0.352. The number of imidazole rings is 1. The van der Waals surface area contributed by atoms with Crippen LogP contribution in [0.2, 0.25) is 0 Å². The lowest BCUT2D eigenvalue weighted by Crippen LogP contribution is -2.29. The monoisotopic (exact) mass is 632 g/mol. The molecule has 0 fully saturated rings. The van der Waals surface area contributed by atoms with Crippen molar-refractivity contribution in [3.8, 4) is 23.3 Å². The molecule has 3 aromatic heterocycles. The van der Waals surface area contributed by atoms with Crippen LogP contribution in [0.3, 0.4) is 0 Å². The van der Waals surface area contributed by atoms with Crippen molar-refractivity contribution in [1.29, 1.82) is 5.26 Å². The van der Waals surface area contributed by atoms with E-state index < -0.39 is 0 Å². The van der Waals surface area contributed by atoms with Crippen molar-refractivity contribution in [1.82, 2.24) is 24.3 Å². The van der Waals surface area contributed by atoms with Crippen LogP contribution in [0.15, 0.2) is 79.9 Å². The minimum absolute atomic E-state index is 0.213. The van der Waals surface area contributed by atoms with Gasteiger partial charge in [-0.25, -0.2) is 9.97 Å². The molecule has 0 atom stereocenters. The lowest BCUT2D eigenvalue weighted by molar-refractivity contribution is -0.111. The lowest BCUT2D eigenvalue weighted by Gasteiger charge is -2.26. The number of hydrogen-bond donors (Lipinski definition) is 3. The van der Waals surface area contributed by atoms with Gasteiger partial charge in [-0.15, -0.1) is 0 Å². The van der Waals surface area contributed by atoms with Crippen molar-refractivity contribution in [2.45, 2.75) is 6.92 Å². The largest absolute Gasteiger partial charge is 0.494 e. The molecule has 0 aliphatic rings. The third-order valence-electron chi connectivity index (χ3n) is 7.25. The van der Waals surface area contributed by atoms with Crippen LogP contribution in [0.1, 0.15) is 11.1 Å². The van der Waals surface area contributed by atoms with Crippen LogP contribution in [0.5, 0.6) is 17.2 Å². The molecule has 0 aliphatic carbocycles. The van der Waals surface area contributed by atoms with Crippen LogP contribution in [0.25, 0.3) is 5.65 Å². The van der Waals surface area contributed by atoms with E-state index in [-0.39, 0.29) is 17.4 Å². The van der Waals surface area contributed by atoms with E-state index in [2.05, 4.69) is 48.5 Å². The summed E-state index contributed by atoms with van der Waals surface area (Å²) in [6.45, 7) is 7.03. The molecule has 5 rings (SSSR count). The number of aromatic nitrogens is 4. The summed E-state index contributed by atoms with van der Waals surface area (Å²) in [7, 11) is 7.50. The zero-order valence-electron chi connectivity index (χ0n) is 26.9. The van der Waals surface area contributed by atoms with E-state index in [1.54, 1.807) is 19.4 Å². The van der Waals surface area contributed by atoms with Crippen molar-refractivity contribution >= 4 is 46.1 Å². The Balaban J connectivity index is 1.39. The van der Waals surface area contributed by atoms with E-state index in [0.717, 1.165) is 23.4 Å². The number of benzene rings is 2. The number of nitrogens with one attached hydrogen (secondary N) is 3. The van der Waals surface area contributed by atoms with Crippen molar-refractivity contribution in [3.63, 3.8) is 0 Å². The molecule has 240 valence electrons. The summed E-state index contributed by atoms with van der Waals surface area (Å²) in [5, 5.41) is 19.1. The van der Waals surface area contributed by atoms with Gasteiger partial charge in [-0.1, -0.05) is 6.58 Å². The molecule has 0 saturated carbocycles. The van der Waals surface area contributed by atoms with Gasteiger partial charge in [0.1, 0.15) is 34.5 Å². The molecule has 1 amide bonds. The van der Waals surface area contributed by atoms with Crippen LogP contribution in [-0.2, 0) is 4.79 Å². The summed E-state index contributed by atoms with van der Waals surface area (Å²) >= 11 is 0. The summed E-state index contributed by atoms with van der Waals surface area (Å²) in [4.78, 5) is 29.7. The summed E-state index contributed by atoms with van der Waals surface area (Å²) in [6, 6.07) is 15.1. The number of anilines is 6. The second-order valence-corrected chi connectivity index (χ2v) is 10.9. The maximum atomic E-state index is 12.3. The molecule has 0 aliphatic heterocycles. The molecular weight excluding hydrogens is 596 g/mol. The third-order valence-corrected chi connectivity index (χ3v) is 7.25. The number of nitriles is 1. The Morgan fingerprint density at radius 1 is 1.04 bits per heavy atom. The first-order valence-electron chi connectivity index (χ1n) is 14.7. The quantitative estimate of drug-likeness (QED) is 0.137. The SMILES string of the molecule is C=CC(=O)Nc1cc(Nc2ncc(C#N)c(Nc3ccc(Oc4ccn5ccnc5c4)c(C)c3)n2)c(OC)cc1N(C)CCN(C)C. The number of aryl methyl sites for hydroxylation is 1. The molecule has 3 heterocycles. The van der Waals surface area contributed by atoms with E-state index in [1.165, 1.54) is 12.3 Å². The molecule has 0 spiro atoms. The maximum Gasteiger partial charge on any atom is 0.247 e. The van der Waals surface area contributed by atoms with Gasteiger partial charge in [0.05, 0.1) is 30.4 Å². The second kappa shape index (κ2) is 14.3. The van der Waals surface area contributed by atoms with Crippen molar-refractivity contribution < 1.29 is 14.3 Å². The Morgan fingerprint density at radius 3 is 2.60 bits per heavy atom. The highest BCUT2D eigenvalue weighted by molar-refractivity contribution is 6.02. The molecule has 47 heavy (non-hydrogen) atoms. The van der Waals surface area contributed by atoms with E-state index in [4.69, 9.17) is 9.47 Å². The highest BCUT2D eigenvalue weighted by atomic mass is 16.5. The summed E-state index contributed by atoms with van der Waals surface area (Å²) in [6.07, 6.45) is 8.14. The summed E-state index contributed by atoms with van der Waals surface area (Å²) in [5.74, 6) is 2.03. The Morgan fingerprint density at radius 2 is 1.87 bits per heavy atom. The molecular formula is C34H36N10O3. The predicted octanol–water partition coefficient (Wildman–Crippen LogP) is 5.71. The highest BCUT2D eigenvalue weighted by Crippen LogP contribution is 2.38. The highest BCUT2D eigenvalue weighted by Gasteiger charge is 2.17. The van der Waals surface area contributed by atoms with Crippen LogP contribution in [0.4, 0.5) is 34.5 Å². The lowest BCUT2D eigenvalue weighted by atomic mass is 10.2. The van der Waals surface area contributed by atoms with Gasteiger partial charge in [-0.3, -0.25) is 4.79 Å². The maximum absolute atomic E-state index is 12.3. The number of ether oxygens (including phenoxy) is 2. The fraction of sp³-hybridized carbons (Fsp3) is 0.206. The normalized spacial score (nSPS) is 10.7. The molecule has 0 bridgehead atoms. The number of rotatable bonds is 13. The second-order valence-electron chi connectivity index (χ2n) is 10.9. The van der Waals surface area contributed by atoms with Gasteiger partial charge in [-0.05, 0) is 63.0 Å². The topological polar surface area (TPSA) is 145 Å². The number of fused-ring (bicyclic) bond motifs is 1. The number of amides is 1.